The summed E-state index contributed by atoms with van der Waals surface area (Å²) in [5, 5.41) is 12.9. The van der Waals surface area contributed by atoms with Crippen LogP contribution in [0.3, 0.4) is 0 Å². The van der Waals surface area contributed by atoms with Gasteiger partial charge in [0.1, 0.15) is 5.84 Å². The highest BCUT2D eigenvalue weighted by atomic mass is 79.9. The first-order valence-corrected chi connectivity index (χ1v) is 11.2. The molecule has 1 aliphatic heterocycles. The summed E-state index contributed by atoms with van der Waals surface area (Å²) >= 11 is 3.67. The van der Waals surface area contributed by atoms with Gasteiger partial charge in [-0.15, -0.1) is 0 Å². The van der Waals surface area contributed by atoms with E-state index >= 15 is 0 Å². The second-order valence-electron chi connectivity index (χ2n) is 8.09. The van der Waals surface area contributed by atoms with Crippen LogP contribution in [-0.2, 0) is 4.79 Å². The minimum Gasteiger partial charge on any atom is -0.388 e. The normalized spacial score (nSPS) is 20.6. The van der Waals surface area contributed by atoms with Crippen LogP contribution in [-0.4, -0.2) is 39.9 Å². The Morgan fingerprint density at radius 2 is 2.14 bits per heavy atom. The summed E-state index contributed by atoms with van der Waals surface area (Å²) in [7, 11) is 0. The number of nitrogens with zero attached hydrogens (tertiary/aromatic N) is 2. The molecule has 160 valence electrons. The number of hydrogen-bond donors (Lipinski definition) is 2. The molecule has 29 heavy (non-hydrogen) atoms. The lowest BCUT2D eigenvalue weighted by molar-refractivity contribution is -0.118. The first kappa shape index (κ1) is 23.6. The molecule has 0 aromatic heterocycles. The first-order valence-electron chi connectivity index (χ1n) is 10.4. The van der Waals surface area contributed by atoms with Crippen LogP contribution in [0.1, 0.15) is 66.7 Å². The van der Waals surface area contributed by atoms with E-state index in [9.17, 15) is 9.90 Å². The summed E-state index contributed by atoms with van der Waals surface area (Å²) in [5.41, 5.74) is 2.82. The van der Waals surface area contributed by atoms with Crippen LogP contribution < -0.4 is 5.32 Å². The Balaban J connectivity index is 2.26. The van der Waals surface area contributed by atoms with Gasteiger partial charge in [0.2, 0.25) is 5.91 Å². The highest BCUT2D eigenvalue weighted by Gasteiger charge is 2.40. The van der Waals surface area contributed by atoms with Crippen molar-refractivity contribution in [2.75, 3.05) is 6.54 Å². The summed E-state index contributed by atoms with van der Waals surface area (Å²) in [6.45, 7) is 14.8. The fourth-order valence-electron chi connectivity index (χ4n) is 3.09. The van der Waals surface area contributed by atoms with Gasteiger partial charge in [-0.05, 0) is 79.6 Å². The Morgan fingerprint density at radius 1 is 1.48 bits per heavy atom. The van der Waals surface area contributed by atoms with E-state index < -0.39 is 5.60 Å². The minimum atomic E-state index is -0.700. The summed E-state index contributed by atoms with van der Waals surface area (Å²) in [6, 6.07) is 0.252. The molecule has 1 fully saturated rings. The van der Waals surface area contributed by atoms with E-state index in [4.69, 9.17) is 4.99 Å². The highest BCUT2D eigenvalue weighted by molar-refractivity contribution is 9.12. The maximum atomic E-state index is 12.7. The Morgan fingerprint density at radius 3 is 2.69 bits per heavy atom. The maximum Gasteiger partial charge on any atom is 0.247 e. The second-order valence-corrected chi connectivity index (χ2v) is 8.95. The van der Waals surface area contributed by atoms with E-state index in [0.29, 0.717) is 18.5 Å². The van der Waals surface area contributed by atoms with E-state index in [-0.39, 0.29) is 11.9 Å². The lowest BCUT2D eigenvalue weighted by atomic mass is 9.98. The van der Waals surface area contributed by atoms with Gasteiger partial charge in [0.25, 0.3) is 0 Å². The highest BCUT2D eigenvalue weighted by Crippen LogP contribution is 2.35. The van der Waals surface area contributed by atoms with Crippen LogP contribution in [0.5, 0.6) is 0 Å². The van der Waals surface area contributed by atoms with Gasteiger partial charge in [-0.25, -0.2) is 0 Å². The molecule has 2 aliphatic rings. The minimum absolute atomic E-state index is 0.115. The number of amidine groups is 1. The average molecular weight is 464 g/mol. The number of hydrogen-bond acceptors (Lipinski definition) is 3. The van der Waals surface area contributed by atoms with Gasteiger partial charge in [-0.2, -0.15) is 0 Å². The third kappa shape index (κ3) is 6.16. The molecule has 5 nitrogen and oxygen atoms in total. The van der Waals surface area contributed by atoms with Crippen molar-refractivity contribution < 1.29 is 9.90 Å². The summed E-state index contributed by atoms with van der Waals surface area (Å²) in [5.74, 6) is 0.781. The second kappa shape index (κ2) is 9.90. The van der Waals surface area contributed by atoms with Gasteiger partial charge in [-0.1, -0.05) is 26.8 Å². The zero-order valence-electron chi connectivity index (χ0n) is 18.3. The molecule has 1 amide bonds. The quantitative estimate of drug-likeness (QED) is 0.303. The topological polar surface area (TPSA) is 64.9 Å². The third-order valence-corrected chi connectivity index (χ3v) is 6.14. The number of carbonyl (C=O) groups excluding carboxylic acids is 1. The predicted octanol–water partition coefficient (Wildman–Crippen LogP) is 4.95. The smallest absolute Gasteiger partial charge is 0.247 e. The average Bonchev–Trinajstić information content (AvgIpc) is 3.42. The molecular weight excluding hydrogens is 430 g/mol. The molecule has 1 saturated carbocycles. The van der Waals surface area contributed by atoms with E-state index in [1.165, 1.54) is 0 Å². The molecule has 1 atom stereocenters. The molecule has 0 aromatic rings. The molecule has 2 N–H and O–H groups in total. The van der Waals surface area contributed by atoms with Crippen LogP contribution in [0.4, 0.5) is 0 Å². The third-order valence-electron chi connectivity index (χ3n) is 5.51. The maximum absolute atomic E-state index is 12.7. The molecular formula is C23H34BrN3O2. The summed E-state index contributed by atoms with van der Waals surface area (Å²) in [4.78, 5) is 19.4. The molecule has 1 heterocycles. The predicted molar refractivity (Wildman–Crippen MR) is 124 cm³/mol. The number of amides is 1. The fraction of sp³-hybridized carbons (Fsp3) is 0.565. The Kier molecular flexibility index (Phi) is 8.06. The number of carbonyl (C=O) groups is 1. The zero-order valence-corrected chi connectivity index (χ0v) is 19.9. The standard InChI is InChI=1S/C23H34BrN3O2/c1-7-9-19(22(28)25-14-23(29)10-11-23)12-20-16(4)17(5)27(13-21(20)24)18(6)26-15(3)8-2/h12-13,15,29H,5,7-11,14H2,1-4,6H3,(H,25,28)/b19-12+,26-18?. The van der Waals surface area contributed by atoms with Gasteiger partial charge in [0, 0.05) is 34.5 Å². The van der Waals surface area contributed by atoms with Gasteiger partial charge in [-0.3, -0.25) is 9.79 Å². The van der Waals surface area contributed by atoms with Crippen molar-refractivity contribution in [1.82, 2.24) is 10.2 Å². The molecule has 0 bridgehead atoms. The number of halogens is 1. The lowest BCUT2D eigenvalue weighted by Gasteiger charge is -2.30. The van der Waals surface area contributed by atoms with Gasteiger partial charge >= 0.3 is 0 Å². The molecule has 6 heteroatoms. The number of allylic oxidation sites excluding steroid dienone is 4. The van der Waals surface area contributed by atoms with Gasteiger partial charge in [0.05, 0.1) is 5.60 Å². The van der Waals surface area contributed by atoms with Crippen LogP contribution in [0.25, 0.3) is 0 Å². The van der Waals surface area contributed by atoms with Crippen LogP contribution >= 0.6 is 15.9 Å². The van der Waals surface area contributed by atoms with Crippen LogP contribution in [0.2, 0.25) is 0 Å². The Hall–Kier alpha value is -1.66. The Labute approximate surface area is 183 Å². The summed E-state index contributed by atoms with van der Waals surface area (Å²) < 4.78 is 0.892. The van der Waals surface area contributed by atoms with Crippen molar-refractivity contribution in [2.24, 2.45) is 4.99 Å². The van der Waals surface area contributed by atoms with Crippen molar-refractivity contribution in [3.8, 4) is 0 Å². The van der Waals surface area contributed by atoms with Crippen LogP contribution in [0, 0.1) is 0 Å². The monoisotopic (exact) mass is 463 g/mol. The van der Waals surface area contributed by atoms with Crippen molar-refractivity contribution in [3.63, 3.8) is 0 Å². The van der Waals surface area contributed by atoms with Gasteiger partial charge in [0.15, 0.2) is 0 Å². The van der Waals surface area contributed by atoms with Crippen molar-refractivity contribution >= 4 is 27.7 Å². The molecule has 0 radical (unpaired) electrons. The largest absolute Gasteiger partial charge is 0.388 e. The van der Waals surface area contributed by atoms with Crippen molar-refractivity contribution in [3.05, 3.63) is 45.8 Å². The molecule has 0 aromatic carbocycles. The number of aliphatic imine (C=N–C) groups is 1. The SMILES string of the molecule is C=C1C(C)=C(/C=C(\CCC)C(=O)NCC2(O)CC2)C(Br)=CN1C(C)=NC(C)CC. The van der Waals surface area contributed by atoms with Crippen molar-refractivity contribution in [2.45, 2.75) is 78.4 Å². The van der Waals surface area contributed by atoms with E-state index in [1.807, 2.05) is 31.0 Å². The number of aliphatic hydroxyl groups is 1. The van der Waals surface area contributed by atoms with Gasteiger partial charge < -0.3 is 15.3 Å². The molecule has 1 aliphatic carbocycles. The van der Waals surface area contributed by atoms with Crippen LogP contribution in [0.15, 0.2) is 50.7 Å². The van der Waals surface area contributed by atoms with Crippen molar-refractivity contribution in [1.29, 1.82) is 0 Å². The number of rotatable bonds is 8. The molecule has 0 spiro atoms. The number of nitrogens with one attached hydrogen (secondary N) is 1. The first-order chi connectivity index (χ1) is 13.6. The van der Waals surface area contributed by atoms with E-state index in [0.717, 1.165) is 52.8 Å². The fourth-order valence-corrected chi connectivity index (χ4v) is 3.71. The summed E-state index contributed by atoms with van der Waals surface area (Å²) in [6.07, 6.45) is 7.94. The lowest BCUT2D eigenvalue weighted by Crippen LogP contribution is -2.34. The molecule has 2 rings (SSSR count). The Bertz CT molecular complexity index is 788. The molecule has 0 saturated heterocycles. The van der Waals surface area contributed by atoms with E-state index in [1.54, 1.807) is 0 Å². The molecule has 1 unspecified atom stereocenters. The van der Waals surface area contributed by atoms with E-state index in [2.05, 4.69) is 48.6 Å². The zero-order chi connectivity index (χ0) is 21.8.